The Kier molecular flexibility index (Phi) is 7.42. The maximum atomic E-state index is 12.8. The van der Waals surface area contributed by atoms with E-state index in [4.69, 9.17) is 0 Å². The maximum absolute atomic E-state index is 12.8. The summed E-state index contributed by atoms with van der Waals surface area (Å²) in [6.07, 6.45) is -0.848. The number of hydrogen-bond acceptors (Lipinski definition) is 4. The van der Waals surface area contributed by atoms with Gasteiger partial charge < -0.3 is 0 Å². The van der Waals surface area contributed by atoms with E-state index >= 15 is 0 Å². The second-order valence-corrected chi connectivity index (χ2v) is 2.58. The van der Waals surface area contributed by atoms with Gasteiger partial charge in [0.05, 0.1) is 13.1 Å². The minimum absolute atomic E-state index is 0.0548. The predicted octanol–water partition coefficient (Wildman–Crippen LogP) is 1.11. The van der Waals surface area contributed by atoms with Gasteiger partial charge in [0.15, 0.2) is 6.17 Å². The zero-order valence-electron chi connectivity index (χ0n) is 7.45. The molecule has 0 spiro atoms. The average Bonchev–Trinajstić information content (AvgIpc) is 2.20. The van der Waals surface area contributed by atoms with Crippen LogP contribution in [0, 0.1) is 0 Å². The van der Waals surface area contributed by atoms with E-state index in [2.05, 4.69) is 9.98 Å². The summed E-state index contributed by atoms with van der Waals surface area (Å²) in [5.74, 6) is 0. The molecule has 0 aliphatic heterocycles. The van der Waals surface area contributed by atoms with Gasteiger partial charge in [-0.1, -0.05) is 0 Å². The van der Waals surface area contributed by atoms with Gasteiger partial charge in [-0.15, -0.1) is 0 Å². The van der Waals surface area contributed by atoms with Crippen molar-refractivity contribution in [3.8, 4) is 0 Å². The Balaban J connectivity index is 3.65. The van der Waals surface area contributed by atoms with E-state index in [1.807, 2.05) is 0 Å². The SMILES string of the molecule is O=C=NCCCC(F)C(F)CN=C=O. The Morgan fingerprint density at radius 2 is 1.71 bits per heavy atom. The predicted molar refractivity (Wildman–Crippen MR) is 45.0 cm³/mol. The number of aliphatic imine (C=N–C) groups is 2. The first kappa shape index (κ1) is 12.6. The Labute approximate surface area is 79.7 Å². The van der Waals surface area contributed by atoms with Gasteiger partial charge in [0, 0.05) is 0 Å². The van der Waals surface area contributed by atoms with Crippen LogP contribution in [-0.4, -0.2) is 37.6 Å². The minimum atomic E-state index is -1.79. The van der Waals surface area contributed by atoms with Crippen LogP contribution in [0.1, 0.15) is 12.8 Å². The summed E-state index contributed by atoms with van der Waals surface area (Å²) in [4.78, 5) is 25.3. The summed E-state index contributed by atoms with van der Waals surface area (Å²) < 4.78 is 25.6. The number of rotatable bonds is 7. The molecule has 6 heteroatoms. The van der Waals surface area contributed by atoms with Crippen LogP contribution in [0.3, 0.4) is 0 Å². The van der Waals surface area contributed by atoms with Crippen molar-refractivity contribution in [3.05, 3.63) is 0 Å². The van der Waals surface area contributed by atoms with Crippen LogP contribution < -0.4 is 0 Å². The van der Waals surface area contributed by atoms with Crippen LogP contribution in [0.15, 0.2) is 9.98 Å². The van der Waals surface area contributed by atoms with Gasteiger partial charge in [0.25, 0.3) is 0 Å². The molecule has 0 aromatic rings. The van der Waals surface area contributed by atoms with Gasteiger partial charge in [-0.25, -0.2) is 28.4 Å². The van der Waals surface area contributed by atoms with E-state index in [9.17, 15) is 18.4 Å². The summed E-state index contributed by atoms with van der Waals surface area (Å²) in [6, 6.07) is 0. The molecule has 0 bridgehead atoms. The highest BCUT2D eigenvalue weighted by molar-refractivity contribution is 5.33. The third-order valence-electron chi connectivity index (χ3n) is 1.54. The average molecular weight is 204 g/mol. The van der Waals surface area contributed by atoms with Gasteiger partial charge >= 0.3 is 0 Å². The first-order chi connectivity index (χ1) is 6.72. The van der Waals surface area contributed by atoms with Crippen LogP contribution in [-0.2, 0) is 9.59 Å². The lowest BCUT2D eigenvalue weighted by Gasteiger charge is -2.09. The highest BCUT2D eigenvalue weighted by Gasteiger charge is 2.19. The molecule has 0 saturated carbocycles. The molecule has 0 N–H and O–H groups in total. The second-order valence-electron chi connectivity index (χ2n) is 2.58. The lowest BCUT2D eigenvalue weighted by molar-refractivity contribution is 0.162. The number of halogens is 2. The molecular weight excluding hydrogens is 194 g/mol. The third kappa shape index (κ3) is 6.17. The van der Waals surface area contributed by atoms with Crippen molar-refractivity contribution < 1.29 is 18.4 Å². The molecule has 0 heterocycles. The molecule has 0 aromatic carbocycles. The van der Waals surface area contributed by atoms with Crippen molar-refractivity contribution >= 4 is 12.2 Å². The monoisotopic (exact) mass is 204 g/mol. The molecular formula is C8H10F2N2O2. The molecule has 0 amide bonds. The highest BCUT2D eigenvalue weighted by Crippen LogP contribution is 2.10. The quantitative estimate of drug-likeness (QED) is 0.354. The molecule has 2 unspecified atom stereocenters. The van der Waals surface area contributed by atoms with E-state index < -0.39 is 18.9 Å². The number of nitrogens with zero attached hydrogens (tertiary/aromatic N) is 2. The maximum Gasteiger partial charge on any atom is 0.235 e. The number of isocyanates is 2. The number of alkyl halides is 2. The molecule has 4 nitrogen and oxygen atoms in total. The molecule has 0 aliphatic rings. The topological polar surface area (TPSA) is 58.9 Å². The van der Waals surface area contributed by atoms with E-state index in [1.54, 1.807) is 0 Å². The fourth-order valence-electron chi connectivity index (χ4n) is 0.831. The van der Waals surface area contributed by atoms with Crippen molar-refractivity contribution in [2.24, 2.45) is 9.98 Å². The normalized spacial score (nSPS) is 13.6. The summed E-state index contributed by atoms with van der Waals surface area (Å²) in [5.41, 5.74) is 0. The zero-order valence-corrected chi connectivity index (χ0v) is 7.45. The fraction of sp³-hybridized carbons (Fsp3) is 0.750. The fourth-order valence-corrected chi connectivity index (χ4v) is 0.831. The largest absolute Gasteiger partial charge is 0.244 e. The highest BCUT2D eigenvalue weighted by atomic mass is 19.2. The van der Waals surface area contributed by atoms with E-state index in [0.717, 1.165) is 6.08 Å². The van der Waals surface area contributed by atoms with Gasteiger partial charge in [-0.2, -0.15) is 0 Å². The Hall–Kier alpha value is -1.38. The van der Waals surface area contributed by atoms with Crippen LogP contribution in [0.2, 0.25) is 0 Å². The first-order valence-electron chi connectivity index (χ1n) is 4.07. The molecule has 14 heavy (non-hydrogen) atoms. The van der Waals surface area contributed by atoms with Crippen molar-refractivity contribution in [2.75, 3.05) is 13.1 Å². The van der Waals surface area contributed by atoms with Gasteiger partial charge in [-0.05, 0) is 12.8 Å². The van der Waals surface area contributed by atoms with Crippen molar-refractivity contribution in [1.82, 2.24) is 0 Å². The van der Waals surface area contributed by atoms with Crippen molar-refractivity contribution in [1.29, 1.82) is 0 Å². The lowest BCUT2D eigenvalue weighted by Crippen LogP contribution is -2.20. The summed E-state index contributed by atoms with van der Waals surface area (Å²) >= 11 is 0. The summed E-state index contributed by atoms with van der Waals surface area (Å²) in [5, 5.41) is 0. The van der Waals surface area contributed by atoms with Crippen LogP contribution in [0.25, 0.3) is 0 Å². The minimum Gasteiger partial charge on any atom is -0.244 e. The van der Waals surface area contributed by atoms with Crippen LogP contribution >= 0.6 is 0 Å². The molecule has 0 rings (SSSR count). The molecule has 0 aliphatic carbocycles. The van der Waals surface area contributed by atoms with Crippen molar-refractivity contribution in [3.63, 3.8) is 0 Å². The smallest absolute Gasteiger partial charge is 0.235 e. The van der Waals surface area contributed by atoms with Crippen LogP contribution in [0.4, 0.5) is 8.78 Å². The van der Waals surface area contributed by atoms with E-state index in [-0.39, 0.29) is 19.4 Å². The molecule has 2 atom stereocenters. The van der Waals surface area contributed by atoms with Gasteiger partial charge in [0.1, 0.15) is 6.17 Å². The van der Waals surface area contributed by atoms with Crippen molar-refractivity contribution in [2.45, 2.75) is 25.2 Å². The number of hydrogen-bond donors (Lipinski definition) is 0. The van der Waals surface area contributed by atoms with Gasteiger partial charge in [-0.3, -0.25) is 0 Å². The van der Waals surface area contributed by atoms with E-state index in [1.165, 1.54) is 6.08 Å². The Bertz CT molecular complexity index is 248. The summed E-state index contributed by atoms with van der Waals surface area (Å²) in [7, 11) is 0. The molecule has 0 radical (unpaired) electrons. The molecule has 0 aromatic heterocycles. The van der Waals surface area contributed by atoms with E-state index in [0.29, 0.717) is 0 Å². The third-order valence-corrected chi connectivity index (χ3v) is 1.54. The molecule has 0 saturated heterocycles. The number of carbonyl (C=O) groups excluding carboxylic acids is 2. The standard InChI is InChI=1S/C8H10F2N2O2/c9-7(2-1-3-11-5-13)8(10)4-12-6-14/h7-8H,1-4H2. The molecule has 0 fully saturated rings. The zero-order chi connectivity index (χ0) is 10.8. The van der Waals surface area contributed by atoms with Gasteiger partial charge in [0.2, 0.25) is 12.2 Å². The summed E-state index contributed by atoms with van der Waals surface area (Å²) in [6.45, 7) is -0.380. The second kappa shape index (κ2) is 8.23. The first-order valence-corrected chi connectivity index (χ1v) is 4.07. The van der Waals surface area contributed by atoms with Crippen LogP contribution in [0.5, 0.6) is 0 Å². The Morgan fingerprint density at radius 3 is 2.29 bits per heavy atom. The Morgan fingerprint density at radius 1 is 1.07 bits per heavy atom. The molecule has 78 valence electrons. The lowest BCUT2D eigenvalue weighted by atomic mass is 10.1.